The van der Waals surface area contributed by atoms with Crippen LogP contribution in [0, 0.1) is 13.8 Å². The Bertz CT molecular complexity index is 696. The van der Waals surface area contributed by atoms with E-state index in [-0.39, 0.29) is 5.56 Å². The average Bonchev–Trinajstić information content (AvgIpc) is 2.73. The fraction of sp³-hybridized carbons (Fsp3) is 0.188. The molecule has 21 heavy (non-hydrogen) atoms. The van der Waals surface area contributed by atoms with Crippen LogP contribution in [0.2, 0.25) is 0 Å². The first-order valence-electron chi connectivity index (χ1n) is 6.33. The van der Waals surface area contributed by atoms with Gasteiger partial charge in [0, 0.05) is 17.0 Å². The van der Waals surface area contributed by atoms with Gasteiger partial charge in [-0.25, -0.2) is 0 Å². The van der Waals surface area contributed by atoms with Gasteiger partial charge in [0.2, 0.25) is 0 Å². The molecule has 0 aliphatic rings. The Morgan fingerprint density at radius 3 is 2.48 bits per heavy atom. The molecule has 0 aliphatic carbocycles. The highest BCUT2D eigenvalue weighted by Gasteiger charge is 2.30. The third-order valence-corrected chi connectivity index (χ3v) is 3.07. The van der Waals surface area contributed by atoms with E-state index in [1.807, 2.05) is 19.9 Å². The highest BCUT2D eigenvalue weighted by atomic mass is 19.4. The summed E-state index contributed by atoms with van der Waals surface area (Å²) in [7, 11) is 0. The van der Waals surface area contributed by atoms with Crippen molar-refractivity contribution < 1.29 is 18.0 Å². The number of rotatable bonds is 3. The molecule has 0 bridgehead atoms. The van der Waals surface area contributed by atoms with Gasteiger partial charge in [0.1, 0.15) is 0 Å². The van der Waals surface area contributed by atoms with Crippen molar-refractivity contribution in [2.75, 3.05) is 0 Å². The first kappa shape index (κ1) is 15.1. The number of hydrogen-bond acceptors (Lipinski definition) is 1. The van der Waals surface area contributed by atoms with E-state index < -0.39 is 17.5 Å². The third-order valence-electron chi connectivity index (χ3n) is 3.07. The maximum atomic E-state index is 12.6. The van der Waals surface area contributed by atoms with Crippen LogP contribution in [0.25, 0.3) is 6.08 Å². The van der Waals surface area contributed by atoms with E-state index in [2.05, 4.69) is 4.98 Å². The van der Waals surface area contributed by atoms with E-state index in [4.69, 9.17) is 0 Å². The molecule has 2 nitrogen and oxygen atoms in total. The molecule has 0 fully saturated rings. The summed E-state index contributed by atoms with van der Waals surface area (Å²) in [4.78, 5) is 15.0. The zero-order chi connectivity index (χ0) is 15.6. The SMILES string of the molecule is Cc1cc(C)c(C=CC(=O)c2cccc(C(F)(F)F)c2)[nH]1. The van der Waals surface area contributed by atoms with E-state index in [1.165, 1.54) is 18.2 Å². The first-order valence-corrected chi connectivity index (χ1v) is 6.33. The quantitative estimate of drug-likeness (QED) is 0.653. The average molecular weight is 293 g/mol. The van der Waals surface area contributed by atoms with E-state index in [0.717, 1.165) is 29.1 Å². The Morgan fingerprint density at radius 2 is 1.90 bits per heavy atom. The number of aromatic nitrogens is 1. The summed E-state index contributed by atoms with van der Waals surface area (Å²) in [6, 6.07) is 6.33. The Labute approximate surface area is 120 Å². The van der Waals surface area contributed by atoms with Crippen LogP contribution >= 0.6 is 0 Å². The zero-order valence-electron chi connectivity index (χ0n) is 11.6. The topological polar surface area (TPSA) is 32.9 Å². The highest BCUT2D eigenvalue weighted by molar-refractivity contribution is 6.06. The Kier molecular flexibility index (Phi) is 4.02. The molecule has 0 spiro atoms. The molecule has 5 heteroatoms. The van der Waals surface area contributed by atoms with E-state index in [1.54, 1.807) is 6.08 Å². The lowest BCUT2D eigenvalue weighted by atomic mass is 10.1. The number of halogens is 3. The fourth-order valence-electron chi connectivity index (χ4n) is 2.03. The van der Waals surface area contributed by atoms with Crippen LogP contribution in [-0.4, -0.2) is 10.8 Å². The smallest absolute Gasteiger partial charge is 0.359 e. The molecular formula is C16H14F3NO. The molecule has 2 rings (SSSR count). The summed E-state index contributed by atoms with van der Waals surface area (Å²) in [5.74, 6) is -0.465. The Balaban J connectivity index is 2.23. The lowest BCUT2D eigenvalue weighted by Gasteiger charge is -2.07. The largest absolute Gasteiger partial charge is 0.416 e. The molecule has 0 saturated heterocycles. The molecule has 0 aliphatic heterocycles. The highest BCUT2D eigenvalue weighted by Crippen LogP contribution is 2.29. The number of benzene rings is 1. The number of nitrogens with one attached hydrogen (secondary N) is 1. The predicted octanol–water partition coefficient (Wildman–Crippen LogP) is 4.55. The summed E-state index contributed by atoms with van der Waals surface area (Å²) >= 11 is 0. The van der Waals surface area contributed by atoms with Crippen LogP contribution in [0.5, 0.6) is 0 Å². The van der Waals surface area contributed by atoms with Crippen molar-refractivity contribution in [2.45, 2.75) is 20.0 Å². The minimum Gasteiger partial charge on any atom is -0.359 e. The van der Waals surface area contributed by atoms with Crippen LogP contribution < -0.4 is 0 Å². The number of allylic oxidation sites excluding steroid dienone is 1. The van der Waals surface area contributed by atoms with Crippen molar-refractivity contribution >= 4 is 11.9 Å². The first-order chi connectivity index (χ1) is 9.77. The summed E-state index contributed by atoms with van der Waals surface area (Å²) < 4.78 is 37.8. The number of carbonyl (C=O) groups is 1. The molecular weight excluding hydrogens is 279 g/mol. The maximum Gasteiger partial charge on any atom is 0.416 e. The minimum absolute atomic E-state index is 0.0157. The normalized spacial score (nSPS) is 12.0. The number of hydrogen-bond donors (Lipinski definition) is 1. The van der Waals surface area contributed by atoms with Crippen molar-refractivity contribution in [1.82, 2.24) is 4.98 Å². The number of H-pyrrole nitrogens is 1. The van der Waals surface area contributed by atoms with E-state index in [0.29, 0.717) is 0 Å². The molecule has 2 aromatic rings. The van der Waals surface area contributed by atoms with Crippen LogP contribution in [0.4, 0.5) is 13.2 Å². The van der Waals surface area contributed by atoms with Gasteiger partial charge >= 0.3 is 6.18 Å². The van der Waals surface area contributed by atoms with Crippen LogP contribution in [0.15, 0.2) is 36.4 Å². The van der Waals surface area contributed by atoms with Gasteiger partial charge in [-0.05, 0) is 49.8 Å². The van der Waals surface area contributed by atoms with Gasteiger partial charge in [-0.1, -0.05) is 12.1 Å². The van der Waals surface area contributed by atoms with Crippen molar-refractivity contribution in [3.8, 4) is 0 Å². The van der Waals surface area contributed by atoms with E-state index >= 15 is 0 Å². The van der Waals surface area contributed by atoms with Crippen molar-refractivity contribution in [2.24, 2.45) is 0 Å². The fourth-order valence-corrected chi connectivity index (χ4v) is 2.03. The molecule has 110 valence electrons. The molecule has 0 atom stereocenters. The Morgan fingerprint density at radius 1 is 1.19 bits per heavy atom. The minimum atomic E-state index is -4.45. The summed E-state index contributed by atoms with van der Waals surface area (Å²) in [6.45, 7) is 3.77. The van der Waals surface area contributed by atoms with Crippen molar-refractivity contribution in [1.29, 1.82) is 0 Å². The number of aryl methyl sites for hydroxylation is 2. The van der Waals surface area contributed by atoms with Crippen LogP contribution in [-0.2, 0) is 6.18 Å². The molecule has 1 aromatic heterocycles. The molecule has 1 heterocycles. The van der Waals surface area contributed by atoms with Crippen LogP contribution in [0.1, 0.15) is 32.9 Å². The standard InChI is InChI=1S/C16H14F3NO/c1-10-8-11(2)20-14(10)6-7-15(21)12-4-3-5-13(9-12)16(17,18)19/h3-9,20H,1-2H3. The second-order valence-electron chi connectivity index (χ2n) is 4.83. The summed E-state index contributed by atoms with van der Waals surface area (Å²) in [5, 5.41) is 0. The van der Waals surface area contributed by atoms with Gasteiger partial charge in [-0.3, -0.25) is 4.79 Å². The Hall–Kier alpha value is -2.30. The molecule has 1 aromatic carbocycles. The van der Waals surface area contributed by atoms with Gasteiger partial charge in [-0.2, -0.15) is 13.2 Å². The van der Waals surface area contributed by atoms with Crippen LogP contribution in [0.3, 0.4) is 0 Å². The van der Waals surface area contributed by atoms with Gasteiger partial charge in [-0.15, -0.1) is 0 Å². The van der Waals surface area contributed by atoms with E-state index in [9.17, 15) is 18.0 Å². The molecule has 0 unspecified atom stereocenters. The predicted molar refractivity (Wildman–Crippen MR) is 75.1 cm³/mol. The second-order valence-corrected chi connectivity index (χ2v) is 4.83. The number of alkyl halides is 3. The molecule has 0 amide bonds. The van der Waals surface area contributed by atoms with Gasteiger partial charge in [0.15, 0.2) is 5.78 Å². The lowest BCUT2D eigenvalue weighted by molar-refractivity contribution is -0.137. The lowest BCUT2D eigenvalue weighted by Crippen LogP contribution is -2.06. The zero-order valence-corrected chi connectivity index (χ0v) is 11.6. The second kappa shape index (κ2) is 5.60. The van der Waals surface area contributed by atoms with Crippen molar-refractivity contribution in [3.63, 3.8) is 0 Å². The summed E-state index contributed by atoms with van der Waals surface area (Å²) in [5.41, 5.74) is 1.89. The number of carbonyl (C=O) groups excluding carboxylic acids is 1. The van der Waals surface area contributed by atoms with Gasteiger partial charge in [0.05, 0.1) is 5.56 Å². The van der Waals surface area contributed by atoms with Gasteiger partial charge < -0.3 is 4.98 Å². The number of ketones is 1. The molecule has 0 radical (unpaired) electrons. The monoisotopic (exact) mass is 293 g/mol. The third kappa shape index (κ3) is 3.62. The summed E-state index contributed by atoms with van der Waals surface area (Å²) in [6.07, 6.45) is -1.61. The molecule has 0 saturated carbocycles. The maximum absolute atomic E-state index is 12.6. The number of aromatic amines is 1. The van der Waals surface area contributed by atoms with Gasteiger partial charge in [0.25, 0.3) is 0 Å². The van der Waals surface area contributed by atoms with Crippen molar-refractivity contribution in [3.05, 3.63) is 64.5 Å². The molecule has 1 N–H and O–H groups in total.